The Morgan fingerprint density at radius 3 is 2.89 bits per heavy atom. The van der Waals surface area contributed by atoms with Crippen LogP contribution in [-0.2, 0) is 9.53 Å². The third-order valence-electron chi connectivity index (χ3n) is 2.13. The van der Waals surface area contributed by atoms with E-state index in [1.807, 2.05) is 0 Å². The molecule has 0 N–H and O–H groups in total. The van der Waals surface area contributed by atoms with E-state index in [1.165, 1.54) is 13.2 Å². The van der Waals surface area contributed by atoms with Crippen LogP contribution in [0.3, 0.4) is 0 Å². The average molecular weight is 326 g/mol. The number of ether oxygens (including phenoxy) is 2. The van der Waals surface area contributed by atoms with Crippen LogP contribution < -0.4 is 4.74 Å². The smallest absolute Gasteiger partial charge is 0.340 e. The van der Waals surface area contributed by atoms with Crippen LogP contribution in [0.5, 0.6) is 5.75 Å². The van der Waals surface area contributed by atoms with Gasteiger partial charge in [0.15, 0.2) is 0 Å². The minimum Gasteiger partial charge on any atom is -0.497 e. The molecular formula is C12H12BrN3O3. The number of hydrogen-bond donors (Lipinski definition) is 0. The van der Waals surface area contributed by atoms with Crippen molar-refractivity contribution < 1.29 is 14.3 Å². The molecule has 1 rings (SSSR count). The Kier molecular flexibility index (Phi) is 5.92. The van der Waals surface area contributed by atoms with Gasteiger partial charge in [-0.2, -0.15) is 0 Å². The van der Waals surface area contributed by atoms with Gasteiger partial charge in [0.05, 0.1) is 13.7 Å². The van der Waals surface area contributed by atoms with Gasteiger partial charge in [0.25, 0.3) is 0 Å². The number of halogens is 1. The van der Waals surface area contributed by atoms with E-state index in [4.69, 9.17) is 15.0 Å². The van der Waals surface area contributed by atoms with E-state index in [-0.39, 0.29) is 12.3 Å². The van der Waals surface area contributed by atoms with Gasteiger partial charge in [0.1, 0.15) is 11.4 Å². The summed E-state index contributed by atoms with van der Waals surface area (Å²) in [6.45, 7) is 1.88. The van der Waals surface area contributed by atoms with E-state index >= 15 is 0 Å². The number of rotatable bonds is 5. The highest BCUT2D eigenvalue weighted by Gasteiger charge is 2.10. The lowest BCUT2D eigenvalue weighted by Gasteiger charge is -2.05. The number of benzene rings is 1. The summed E-state index contributed by atoms with van der Waals surface area (Å²) in [5.74, 6) is -0.0476. The van der Waals surface area contributed by atoms with E-state index in [9.17, 15) is 4.79 Å². The summed E-state index contributed by atoms with van der Waals surface area (Å²) in [7, 11) is 1.54. The van der Waals surface area contributed by atoms with Crippen molar-refractivity contribution in [3.63, 3.8) is 0 Å². The first-order valence-corrected chi connectivity index (χ1v) is 6.19. The molecule has 0 fully saturated rings. The molecule has 0 aromatic heterocycles. The standard InChI is InChI=1S/C12H12BrN3O3/c1-3-19-12(17)11(15-16-14)7-8-6-9(18-2)4-5-10(8)13/h4-7H,3H2,1-2H3. The van der Waals surface area contributed by atoms with Crippen LogP contribution in [0.25, 0.3) is 16.5 Å². The molecule has 0 atom stereocenters. The van der Waals surface area contributed by atoms with Gasteiger partial charge < -0.3 is 9.47 Å². The minimum atomic E-state index is -0.671. The molecule has 0 heterocycles. The van der Waals surface area contributed by atoms with Crippen LogP contribution in [0.2, 0.25) is 0 Å². The summed E-state index contributed by atoms with van der Waals surface area (Å²) in [5.41, 5.74) is 9.01. The fraction of sp³-hybridized carbons (Fsp3) is 0.250. The van der Waals surface area contributed by atoms with Gasteiger partial charge in [0, 0.05) is 9.38 Å². The number of carbonyl (C=O) groups excluding carboxylic acids is 1. The van der Waals surface area contributed by atoms with E-state index in [2.05, 4.69) is 26.0 Å². The first kappa shape index (κ1) is 15.1. The summed E-state index contributed by atoms with van der Waals surface area (Å²) in [5, 5.41) is 3.34. The van der Waals surface area contributed by atoms with Crippen LogP contribution >= 0.6 is 15.9 Å². The molecule has 0 radical (unpaired) electrons. The summed E-state index contributed by atoms with van der Waals surface area (Å²) in [4.78, 5) is 14.2. The largest absolute Gasteiger partial charge is 0.497 e. The molecule has 0 aliphatic carbocycles. The number of methoxy groups -OCH3 is 1. The van der Waals surface area contributed by atoms with Crippen molar-refractivity contribution in [1.82, 2.24) is 0 Å². The third-order valence-corrected chi connectivity index (χ3v) is 2.85. The van der Waals surface area contributed by atoms with E-state index in [0.717, 1.165) is 4.47 Å². The van der Waals surface area contributed by atoms with Crippen molar-refractivity contribution in [1.29, 1.82) is 0 Å². The maximum absolute atomic E-state index is 11.6. The molecule has 0 aliphatic heterocycles. The lowest BCUT2D eigenvalue weighted by molar-refractivity contribution is -0.138. The molecule has 19 heavy (non-hydrogen) atoms. The Morgan fingerprint density at radius 1 is 1.58 bits per heavy atom. The average Bonchev–Trinajstić information content (AvgIpc) is 2.40. The Morgan fingerprint density at radius 2 is 2.32 bits per heavy atom. The predicted molar refractivity (Wildman–Crippen MR) is 74.5 cm³/mol. The van der Waals surface area contributed by atoms with Gasteiger partial charge >= 0.3 is 5.97 Å². The Hall–Kier alpha value is -1.98. The number of nitrogens with zero attached hydrogens (tertiary/aromatic N) is 3. The second kappa shape index (κ2) is 7.45. The van der Waals surface area contributed by atoms with E-state index < -0.39 is 5.97 Å². The van der Waals surface area contributed by atoms with E-state index in [1.54, 1.807) is 25.1 Å². The van der Waals surface area contributed by atoms with E-state index in [0.29, 0.717) is 11.3 Å². The van der Waals surface area contributed by atoms with Gasteiger partial charge in [-0.15, -0.1) is 0 Å². The molecule has 0 unspecified atom stereocenters. The number of hydrogen-bond acceptors (Lipinski definition) is 4. The van der Waals surface area contributed by atoms with Crippen molar-refractivity contribution >= 4 is 28.0 Å². The lowest BCUT2D eigenvalue weighted by Crippen LogP contribution is -2.05. The van der Waals surface area contributed by atoms with Gasteiger partial charge in [-0.05, 0) is 42.3 Å². The predicted octanol–water partition coefficient (Wildman–Crippen LogP) is 3.67. The Labute approximate surface area is 118 Å². The molecule has 0 spiro atoms. The molecule has 1 aromatic carbocycles. The van der Waals surface area contributed by atoms with Crippen LogP contribution in [-0.4, -0.2) is 19.7 Å². The van der Waals surface area contributed by atoms with Crippen LogP contribution in [0.1, 0.15) is 12.5 Å². The molecule has 1 aromatic rings. The van der Waals surface area contributed by atoms with Gasteiger partial charge in [0.2, 0.25) is 0 Å². The molecule has 100 valence electrons. The molecule has 7 heteroatoms. The van der Waals surface area contributed by atoms with Gasteiger partial charge in [-0.25, -0.2) is 4.79 Å². The monoisotopic (exact) mass is 325 g/mol. The maximum atomic E-state index is 11.6. The molecule has 6 nitrogen and oxygen atoms in total. The lowest BCUT2D eigenvalue weighted by atomic mass is 10.2. The molecule has 0 bridgehead atoms. The normalized spacial score (nSPS) is 10.6. The quantitative estimate of drug-likeness (QED) is 0.272. The third kappa shape index (κ3) is 4.31. The SMILES string of the molecule is CCOC(=O)C(=Cc1cc(OC)ccc1Br)N=[N+]=[N-]. The van der Waals surface area contributed by atoms with Gasteiger partial charge in [-0.3, -0.25) is 0 Å². The minimum absolute atomic E-state index is 0.113. The molecule has 0 saturated carbocycles. The van der Waals surface area contributed by atoms with Crippen LogP contribution in [0, 0.1) is 0 Å². The highest BCUT2D eigenvalue weighted by atomic mass is 79.9. The summed E-state index contributed by atoms with van der Waals surface area (Å²) < 4.78 is 10.6. The molecule has 0 amide bonds. The van der Waals surface area contributed by atoms with Crippen molar-refractivity contribution in [2.24, 2.45) is 5.11 Å². The zero-order valence-corrected chi connectivity index (χ0v) is 12.0. The first-order chi connectivity index (χ1) is 9.12. The summed E-state index contributed by atoms with van der Waals surface area (Å²) in [6, 6.07) is 5.23. The number of esters is 1. The number of azide groups is 1. The fourth-order valence-corrected chi connectivity index (χ4v) is 1.65. The maximum Gasteiger partial charge on any atom is 0.340 e. The second-order valence-corrected chi connectivity index (χ2v) is 4.18. The van der Waals surface area contributed by atoms with Gasteiger partial charge in [-0.1, -0.05) is 21.0 Å². The summed E-state index contributed by atoms with van der Waals surface area (Å²) in [6.07, 6.45) is 1.43. The topological polar surface area (TPSA) is 84.3 Å². The van der Waals surface area contributed by atoms with Crippen molar-refractivity contribution in [3.8, 4) is 5.75 Å². The zero-order valence-electron chi connectivity index (χ0n) is 10.5. The highest BCUT2D eigenvalue weighted by Crippen LogP contribution is 2.25. The van der Waals surface area contributed by atoms with Crippen LogP contribution in [0.15, 0.2) is 33.5 Å². The number of carbonyl (C=O) groups is 1. The second-order valence-electron chi connectivity index (χ2n) is 3.33. The first-order valence-electron chi connectivity index (χ1n) is 5.39. The van der Waals surface area contributed by atoms with Crippen molar-refractivity contribution in [2.45, 2.75) is 6.92 Å². The highest BCUT2D eigenvalue weighted by molar-refractivity contribution is 9.10. The molecule has 0 aliphatic rings. The van der Waals surface area contributed by atoms with Crippen molar-refractivity contribution in [2.75, 3.05) is 13.7 Å². The Bertz CT molecular complexity index is 551. The van der Waals surface area contributed by atoms with Crippen molar-refractivity contribution in [3.05, 3.63) is 44.4 Å². The van der Waals surface area contributed by atoms with Crippen LogP contribution in [0.4, 0.5) is 0 Å². The summed E-state index contributed by atoms with van der Waals surface area (Å²) >= 11 is 3.34. The zero-order chi connectivity index (χ0) is 14.3. The molecular weight excluding hydrogens is 314 g/mol. The Balaban J connectivity index is 3.21. The fourth-order valence-electron chi connectivity index (χ4n) is 1.29. The molecule has 0 saturated heterocycles.